The molecule has 1 aliphatic heterocycles. The molecule has 0 bridgehead atoms. The molecule has 0 atom stereocenters. The van der Waals surface area contributed by atoms with Crippen molar-refractivity contribution < 1.29 is 8.42 Å². The highest BCUT2D eigenvalue weighted by Gasteiger charge is 2.32. The Balaban J connectivity index is 1.64. The predicted molar refractivity (Wildman–Crippen MR) is 99.9 cm³/mol. The molecule has 3 aromatic carbocycles. The zero-order chi connectivity index (χ0) is 17.7. The molecule has 0 saturated heterocycles. The van der Waals surface area contributed by atoms with Gasteiger partial charge in [-0.25, -0.2) is 13.1 Å². The van der Waals surface area contributed by atoms with Crippen molar-refractivity contribution in [2.24, 2.45) is 0 Å². The molecule has 5 rings (SSSR count). The second kappa shape index (κ2) is 5.41. The maximum atomic E-state index is 12.7. The first kappa shape index (κ1) is 15.1. The van der Waals surface area contributed by atoms with Gasteiger partial charge in [-0.05, 0) is 35.9 Å². The fourth-order valence-electron chi connectivity index (χ4n) is 3.39. The molecule has 0 aliphatic carbocycles. The average Bonchev–Trinajstić information content (AvgIpc) is 3.26. The second-order valence-electron chi connectivity index (χ2n) is 6.22. The van der Waals surface area contributed by atoms with Crippen molar-refractivity contribution in [3.8, 4) is 27.9 Å². The first-order valence-corrected chi connectivity index (χ1v) is 9.72. The molecule has 0 amide bonds. The van der Waals surface area contributed by atoms with Crippen LogP contribution in [0.1, 0.15) is 0 Å². The van der Waals surface area contributed by atoms with E-state index in [2.05, 4.69) is 5.10 Å². The molecule has 0 spiro atoms. The van der Waals surface area contributed by atoms with Crippen molar-refractivity contribution in [3.05, 3.63) is 85.2 Å². The summed E-state index contributed by atoms with van der Waals surface area (Å²) in [6, 6.07) is 22.5. The number of benzene rings is 3. The fraction of sp³-hybridized carbons (Fsp3) is 0. The Morgan fingerprint density at radius 2 is 1.46 bits per heavy atom. The van der Waals surface area contributed by atoms with Crippen LogP contribution in [0.15, 0.2) is 95.0 Å². The van der Waals surface area contributed by atoms with E-state index in [1.807, 2.05) is 65.5 Å². The molecule has 1 aromatic heterocycles. The number of hydrogen-bond donors (Lipinski definition) is 0. The van der Waals surface area contributed by atoms with Gasteiger partial charge >= 0.3 is 0 Å². The van der Waals surface area contributed by atoms with Crippen LogP contribution in [0.3, 0.4) is 0 Å². The van der Waals surface area contributed by atoms with Crippen LogP contribution < -0.4 is 0 Å². The summed E-state index contributed by atoms with van der Waals surface area (Å²) in [4.78, 5) is 0.755. The number of fused-ring (bicyclic) bond motifs is 3. The molecule has 26 heavy (non-hydrogen) atoms. The summed E-state index contributed by atoms with van der Waals surface area (Å²) in [6.45, 7) is 0. The van der Waals surface area contributed by atoms with Gasteiger partial charge < -0.3 is 0 Å². The minimum atomic E-state index is -3.42. The van der Waals surface area contributed by atoms with E-state index in [-0.39, 0.29) is 0 Å². The van der Waals surface area contributed by atoms with E-state index in [0.29, 0.717) is 9.79 Å². The normalized spacial score (nSPS) is 14.0. The van der Waals surface area contributed by atoms with Gasteiger partial charge in [-0.15, -0.1) is 0 Å². The summed E-state index contributed by atoms with van der Waals surface area (Å²) in [5.74, 6) is 0. The maximum absolute atomic E-state index is 12.7. The Kier molecular flexibility index (Phi) is 3.14. The number of aromatic nitrogens is 2. The van der Waals surface area contributed by atoms with Crippen LogP contribution in [0.5, 0.6) is 0 Å². The van der Waals surface area contributed by atoms with Gasteiger partial charge in [-0.2, -0.15) is 5.10 Å². The summed E-state index contributed by atoms with van der Waals surface area (Å²) in [5.41, 5.74) is 4.38. The predicted octanol–water partition coefficient (Wildman–Crippen LogP) is 4.35. The minimum Gasteiger partial charge on any atom is -0.240 e. The first-order chi connectivity index (χ1) is 12.6. The molecular weight excluding hydrogens is 344 g/mol. The van der Waals surface area contributed by atoms with Gasteiger partial charge in [0.2, 0.25) is 9.84 Å². The van der Waals surface area contributed by atoms with E-state index in [4.69, 9.17) is 0 Å². The van der Waals surface area contributed by atoms with Crippen molar-refractivity contribution in [1.29, 1.82) is 0 Å². The quantitative estimate of drug-likeness (QED) is 0.471. The molecule has 0 N–H and O–H groups in total. The average molecular weight is 358 g/mol. The third-order valence-electron chi connectivity index (χ3n) is 4.67. The molecule has 5 heteroatoms. The molecule has 4 aromatic rings. The van der Waals surface area contributed by atoms with Crippen LogP contribution in [0.2, 0.25) is 0 Å². The minimum absolute atomic E-state index is 0.373. The van der Waals surface area contributed by atoms with Crippen LogP contribution in [-0.4, -0.2) is 18.2 Å². The zero-order valence-electron chi connectivity index (χ0n) is 13.7. The lowest BCUT2D eigenvalue weighted by atomic mass is 10.0. The monoisotopic (exact) mass is 358 g/mol. The molecule has 4 nitrogen and oxygen atoms in total. The topological polar surface area (TPSA) is 52.0 Å². The molecule has 0 radical (unpaired) electrons. The van der Waals surface area contributed by atoms with Gasteiger partial charge in [0.1, 0.15) is 0 Å². The molecule has 1 aliphatic rings. The highest BCUT2D eigenvalue weighted by Crippen LogP contribution is 2.44. The third kappa shape index (κ3) is 2.14. The van der Waals surface area contributed by atoms with Gasteiger partial charge in [0.25, 0.3) is 0 Å². The molecule has 0 unspecified atom stereocenters. The van der Waals surface area contributed by atoms with Crippen LogP contribution >= 0.6 is 0 Å². The SMILES string of the molecule is O=S1(=O)c2ccccc2-c2cc(-c3cnn(-c4ccccc4)c3)ccc21. The van der Waals surface area contributed by atoms with Gasteiger partial charge in [0.15, 0.2) is 0 Å². The van der Waals surface area contributed by atoms with E-state index in [0.717, 1.165) is 27.9 Å². The first-order valence-electron chi connectivity index (χ1n) is 8.24. The number of hydrogen-bond acceptors (Lipinski definition) is 3. The Bertz CT molecular complexity index is 1240. The summed E-state index contributed by atoms with van der Waals surface area (Å²) < 4.78 is 27.2. The molecule has 2 heterocycles. The maximum Gasteiger partial charge on any atom is 0.207 e. The summed E-state index contributed by atoms with van der Waals surface area (Å²) in [6.07, 6.45) is 3.75. The van der Waals surface area contributed by atoms with Crippen molar-refractivity contribution in [1.82, 2.24) is 9.78 Å². The Labute approximate surface area is 151 Å². The van der Waals surface area contributed by atoms with E-state index in [1.165, 1.54) is 0 Å². The van der Waals surface area contributed by atoms with Gasteiger partial charge in [-0.1, -0.05) is 42.5 Å². The molecule has 0 fully saturated rings. The number of para-hydroxylation sites is 1. The second-order valence-corrected chi connectivity index (χ2v) is 8.11. The summed E-state index contributed by atoms with van der Waals surface area (Å²) in [5, 5.41) is 4.43. The smallest absolute Gasteiger partial charge is 0.207 e. The van der Waals surface area contributed by atoms with Gasteiger partial charge in [0.05, 0.1) is 21.7 Å². The van der Waals surface area contributed by atoms with Crippen LogP contribution in [0.25, 0.3) is 27.9 Å². The lowest BCUT2D eigenvalue weighted by Crippen LogP contribution is -1.96. The van der Waals surface area contributed by atoms with Crippen LogP contribution in [0, 0.1) is 0 Å². The Hall–Kier alpha value is -3.18. The largest absolute Gasteiger partial charge is 0.240 e. The zero-order valence-corrected chi connectivity index (χ0v) is 14.5. The van der Waals surface area contributed by atoms with Crippen LogP contribution in [0.4, 0.5) is 0 Å². The highest BCUT2D eigenvalue weighted by atomic mass is 32.2. The van der Waals surface area contributed by atoms with E-state index < -0.39 is 9.84 Å². The molecular formula is C21H14N2O2S. The fourth-order valence-corrected chi connectivity index (χ4v) is 5.06. The Morgan fingerprint density at radius 3 is 2.31 bits per heavy atom. The van der Waals surface area contributed by atoms with Crippen molar-refractivity contribution >= 4 is 9.84 Å². The van der Waals surface area contributed by atoms with E-state index in [1.54, 1.807) is 24.4 Å². The lowest BCUT2D eigenvalue weighted by Gasteiger charge is -2.03. The molecule has 126 valence electrons. The highest BCUT2D eigenvalue weighted by molar-refractivity contribution is 7.92. The van der Waals surface area contributed by atoms with Crippen molar-refractivity contribution in [2.75, 3.05) is 0 Å². The number of rotatable bonds is 2. The Morgan fingerprint density at radius 1 is 0.731 bits per heavy atom. The lowest BCUT2D eigenvalue weighted by molar-refractivity contribution is 0.598. The van der Waals surface area contributed by atoms with E-state index in [9.17, 15) is 8.42 Å². The number of nitrogens with zero attached hydrogens (tertiary/aromatic N) is 2. The molecule has 0 saturated carbocycles. The number of sulfone groups is 1. The van der Waals surface area contributed by atoms with Crippen molar-refractivity contribution in [2.45, 2.75) is 9.79 Å². The summed E-state index contributed by atoms with van der Waals surface area (Å²) >= 11 is 0. The standard InChI is InChI=1S/C21H14N2O2S/c24-26(25)20-9-5-4-8-18(20)19-12-15(10-11-21(19)26)16-13-22-23(14-16)17-6-2-1-3-7-17/h1-14H. The van der Waals surface area contributed by atoms with Crippen molar-refractivity contribution in [3.63, 3.8) is 0 Å². The van der Waals surface area contributed by atoms with E-state index >= 15 is 0 Å². The third-order valence-corrected chi connectivity index (χ3v) is 6.54. The van der Waals surface area contributed by atoms with Crippen LogP contribution in [-0.2, 0) is 9.84 Å². The van der Waals surface area contributed by atoms with Gasteiger partial charge in [-0.3, -0.25) is 0 Å². The summed E-state index contributed by atoms with van der Waals surface area (Å²) in [7, 11) is -3.42. The van der Waals surface area contributed by atoms with Gasteiger partial charge in [0, 0.05) is 22.9 Å².